The number of nitrogens with zero attached hydrogens (tertiary/aromatic N) is 3. The number of hydrogen-bond acceptors (Lipinski definition) is 4. The summed E-state index contributed by atoms with van der Waals surface area (Å²) in [6.07, 6.45) is 3.67. The number of carbonyl (C=O) groups excluding carboxylic acids is 1. The molecule has 6 heteroatoms. The van der Waals surface area contributed by atoms with Crippen LogP contribution >= 0.6 is 0 Å². The van der Waals surface area contributed by atoms with Crippen molar-refractivity contribution < 1.29 is 9.18 Å². The van der Waals surface area contributed by atoms with Gasteiger partial charge >= 0.3 is 0 Å². The van der Waals surface area contributed by atoms with Crippen LogP contribution in [0.25, 0.3) is 10.9 Å². The molecule has 1 aliphatic rings. The van der Waals surface area contributed by atoms with Gasteiger partial charge in [0.15, 0.2) is 5.82 Å². The monoisotopic (exact) mass is 308 g/mol. The van der Waals surface area contributed by atoms with Crippen LogP contribution in [0.4, 0.5) is 10.2 Å². The van der Waals surface area contributed by atoms with E-state index in [0.717, 1.165) is 18.5 Å². The molecule has 0 radical (unpaired) electrons. The van der Waals surface area contributed by atoms with Gasteiger partial charge in [0.25, 0.3) is 5.91 Å². The van der Waals surface area contributed by atoms with Gasteiger partial charge in [-0.2, -0.15) is 5.10 Å². The largest absolute Gasteiger partial charge is 0.305 e. The summed E-state index contributed by atoms with van der Waals surface area (Å²) in [7, 11) is 0. The number of fused-ring (bicyclic) bond motifs is 1. The van der Waals surface area contributed by atoms with E-state index in [0.29, 0.717) is 28.2 Å². The third kappa shape index (κ3) is 2.75. The van der Waals surface area contributed by atoms with Crippen molar-refractivity contribution in [2.45, 2.75) is 18.8 Å². The highest BCUT2D eigenvalue weighted by Crippen LogP contribution is 2.40. The summed E-state index contributed by atoms with van der Waals surface area (Å²) < 4.78 is 13.6. The quantitative estimate of drug-likeness (QED) is 0.806. The molecule has 0 aliphatic heterocycles. The maximum atomic E-state index is 13.6. The third-order valence-corrected chi connectivity index (χ3v) is 3.84. The van der Waals surface area contributed by atoms with Crippen molar-refractivity contribution in [2.75, 3.05) is 5.32 Å². The van der Waals surface area contributed by atoms with E-state index in [4.69, 9.17) is 0 Å². The Labute approximate surface area is 131 Å². The lowest BCUT2D eigenvalue weighted by Crippen LogP contribution is -2.14. The fourth-order valence-electron chi connectivity index (χ4n) is 2.55. The van der Waals surface area contributed by atoms with Gasteiger partial charge in [0.05, 0.1) is 11.1 Å². The molecule has 23 heavy (non-hydrogen) atoms. The first-order chi connectivity index (χ1) is 11.2. The Morgan fingerprint density at radius 2 is 2.09 bits per heavy atom. The highest BCUT2D eigenvalue weighted by molar-refractivity contribution is 6.12. The summed E-state index contributed by atoms with van der Waals surface area (Å²) in [4.78, 5) is 17.2. The lowest BCUT2D eigenvalue weighted by atomic mass is 10.1. The van der Waals surface area contributed by atoms with Crippen molar-refractivity contribution in [3.8, 4) is 0 Å². The molecule has 5 nitrogen and oxygen atoms in total. The predicted octanol–water partition coefficient (Wildman–Crippen LogP) is 3.29. The molecule has 1 aliphatic carbocycles. The Kier molecular flexibility index (Phi) is 3.22. The van der Waals surface area contributed by atoms with Crippen molar-refractivity contribution in [1.29, 1.82) is 0 Å². The van der Waals surface area contributed by atoms with Crippen LogP contribution in [0.3, 0.4) is 0 Å². The van der Waals surface area contributed by atoms with Crippen molar-refractivity contribution in [3.05, 3.63) is 59.7 Å². The summed E-state index contributed by atoms with van der Waals surface area (Å²) in [5.74, 6) is 0.0109. The number of halogens is 1. The van der Waals surface area contributed by atoms with Crippen molar-refractivity contribution in [2.24, 2.45) is 0 Å². The number of aromatic nitrogens is 3. The van der Waals surface area contributed by atoms with E-state index in [1.165, 1.54) is 18.3 Å². The molecule has 0 bridgehead atoms. The minimum Gasteiger partial charge on any atom is -0.305 e. The number of benzene rings is 1. The van der Waals surface area contributed by atoms with Gasteiger partial charge in [-0.3, -0.25) is 9.78 Å². The lowest BCUT2D eigenvalue weighted by Gasteiger charge is -2.09. The fourth-order valence-corrected chi connectivity index (χ4v) is 2.55. The van der Waals surface area contributed by atoms with E-state index in [2.05, 4.69) is 20.5 Å². The van der Waals surface area contributed by atoms with Gasteiger partial charge < -0.3 is 5.32 Å². The molecule has 0 saturated heterocycles. The van der Waals surface area contributed by atoms with E-state index in [1.807, 2.05) is 0 Å². The van der Waals surface area contributed by atoms with E-state index >= 15 is 0 Å². The summed E-state index contributed by atoms with van der Waals surface area (Å²) in [6.45, 7) is 0. The van der Waals surface area contributed by atoms with Gasteiger partial charge in [0, 0.05) is 23.2 Å². The molecule has 1 fully saturated rings. The Balaban J connectivity index is 1.80. The second-order valence-corrected chi connectivity index (χ2v) is 5.59. The molecule has 2 heterocycles. The molecule has 0 unspecified atom stereocenters. The van der Waals surface area contributed by atoms with Crippen LogP contribution < -0.4 is 5.32 Å². The number of hydrogen-bond donors (Lipinski definition) is 1. The Morgan fingerprint density at radius 1 is 1.22 bits per heavy atom. The number of amides is 1. The van der Waals surface area contributed by atoms with Crippen LogP contribution in [0.1, 0.15) is 34.8 Å². The van der Waals surface area contributed by atoms with Crippen LogP contribution in [0, 0.1) is 5.82 Å². The first-order valence-electron chi connectivity index (χ1n) is 7.40. The molecule has 4 rings (SSSR count). The van der Waals surface area contributed by atoms with Gasteiger partial charge in [-0.15, -0.1) is 5.10 Å². The first kappa shape index (κ1) is 13.8. The topological polar surface area (TPSA) is 67.8 Å². The summed E-state index contributed by atoms with van der Waals surface area (Å²) in [6, 6.07) is 9.39. The average Bonchev–Trinajstić information content (AvgIpc) is 3.39. The van der Waals surface area contributed by atoms with Crippen molar-refractivity contribution in [1.82, 2.24) is 15.2 Å². The molecule has 1 aromatic carbocycles. The van der Waals surface area contributed by atoms with Crippen LogP contribution in [0.5, 0.6) is 0 Å². The van der Waals surface area contributed by atoms with Crippen molar-refractivity contribution in [3.63, 3.8) is 0 Å². The molecule has 2 aromatic heterocycles. The summed E-state index contributed by atoms with van der Waals surface area (Å²) in [5, 5.41) is 10.8. The zero-order valence-corrected chi connectivity index (χ0v) is 12.2. The molecule has 1 N–H and O–H groups in total. The van der Waals surface area contributed by atoms with Gasteiger partial charge in [-0.25, -0.2) is 4.39 Å². The van der Waals surface area contributed by atoms with Crippen LogP contribution in [-0.4, -0.2) is 21.1 Å². The Hall–Kier alpha value is -2.89. The molecular weight excluding hydrogens is 295 g/mol. The molecule has 0 spiro atoms. The average molecular weight is 308 g/mol. The number of rotatable bonds is 3. The molecular formula is C17H13FN4O. The number of pyridine rings is 1. The number of anilines is 1. The second kappa shape index (κ2) is 5.39. The summed E-state index contributed by atoms with van der Waals surface area (Å²) >= 11 is 0. The van der Waals surface area contributed by atoms with E-state index in [-0.39, 0.29) is 5.91 Å². The molecule has 1 saturated carbocycles. The normalized spacial score (nSPS) is 14.0. The molecule has 114 valence electrons. The Bertz CT molecular complexity index is 894. The van der Waals surface area contributed by atoms with E-state index in [1.54, 1.807) is 24.3 Å². The van der Waals surface area contributed by atoms with Crippen LogP contribution in [0.2, 0.25) is 0 Å². The zero-order chi connectivity index (χ0) is 15.8. The van der Waals surface area contributed by atoms with Gasteiger partial charge in [0.2, 0.25) is 0 Å². The minimum absolute atomic E-state index is 0.342. The standard InChI is InChI=1S/C17H13FN4O/c18-11-5-6-14-12(8-11)13(9-15(20-14)10-3-4-10)17(23)21-16-2-1-7-19-22-16/h1-2,5-10H,3-4H2,(H,21,22,23). The molecule has 1 amide bonds. The predicted molar refractivity (Wildman–Crippen MR) is 83.7 cm³/mol. The van der Waals surface area contributed by atoms with E-state index in [9.17, 15) is 9.18 Å². The van der Waals surface area contributed by atoms with Gasteiger partial charge in [-0.05, 0) is 49.2 Å². The zero-order valence-electron chi connectivity index (χ0n) is 12.2. The summed E-state index contributed by atoms with van der Waals surface area (Å²) in [5.41, 5.74) is 1.91. The third-order valence-electron chi connectivity index (χ3n) is 3.84. The number of nitrogens with one attached hydrogen (secondary N) is 1. The maximum absolute atomic E-state index is 13.6. The lowest BCUT2D eigenvalue weighted by molar-refractivity contribution is 0.102. The Morgan fingerprint density at radius 3 is 2.83 bits per heavy atom. The van der Waals surface area contributed by atoms with Crippen molar-refractivity contribution >= 4 is 22.6 Å². The highest BCUT2D eigenvalue weighted by atomic mass is 19.1. The minimum atomic E-state index is -0.396. The maximum Gasteiger partial charge on any atom is 0.257 e. The highest BCUT2D eigenvalue weighted by Gasteiger charge is 2.27. The SMILES string of the molecule is O=C(Nc1cccnn1)c1cc(C2CC2)nc2ccc(F)cc12. The second-order valence-electron chi connectivity index (χ2n) is 5.59. The van der Waals surface area contributed by atoms with Crippen LogP contribution in [0.15, 0.2) is 42.6 Å². The first-order valence-corrected chi connectivity index (χ1v) is 7.40. The molecule has 3 aromatic rings. The van der Waals surface area contributed by atoms with Crippen LogP contribution in [-0.2, 0) is 0 Å². The molecule has 0 atom stereocenters. The smallest absolute Gasteiger partial charge is 0.257 e. The van der Waals surface area contributed by atoms with Gasteiger partial charge in [-0.1, -0.05) is 0 Å². The fraction of sp³-hybridized carbons (Fsp3) is 0.176. The van der Waals surface area contributed by atoms with E-state index < -0.39 is 5.82 Å². The van der Waals surface area contributed by atoms with Gasteiger partial charge in [0.1, 0.15) is 5.82 Å². The number of carbonyl (C=O) groups is 1.